The zero-order valence-corrected chi connectivity index (χ0v) is 9.39. The summed E-state index contributed by atoms with van der Waals surface area (Å²) in [6.07, 6.45) is 5.52. The van der Waals surface area contributed by atoms with Gasteiger partial charge in [-0.25, -0.2) is 0 Å². The van der Waals surface area contributed by atoms with Crippen molar-refractivity contribution in [3.63, 3.8) is 0 Å². The van der Waals surface area contributed by atoms with Crippen molar-refractivity contribution in [1.29, 1.82) is 0 Å². The summed E-state index contributed by atoms with van der Waals surface area (Å²) in [5.74, 6) is 1.17. The fourth-order valence-electron chi connectivity index (χ4n) is 2.66. The molecule has 0 saturated carbocycles. The molecule has 0 aromatic rings. The van der Waals surface area contributed by atoms with Gasteiger partial charge >= 0.3 is 0 Å². The minimum absolute atomic E-state index is 0.423. The molecule has 2 aliphatic heterocycles. The van der Waals surface area contributed by atoms with Crippen LogP contribution < -0.4 is 0 Å². The lowest BCUT2D eigenvalue weighted by Gasteiger charge is -2.33. The van der Waals surface area contributed by atoms with Crippen molar-refractivity contribution in [2.75, 3.05) is 18.6 Å². The summed E-state index contributed by atoms with van der Waals surface area (Å²) in [6, 6.07) is 0.926. The highest BCUT2D eigenvalue weighted by atomic mass is 32.2. The molecule has 0 aliphatic carbocycles. The third kappa shape index (κ3) is 2.06. The van der Waals surface area contributed by atoms with Crippen LogP contribution >= 0.6 is 0 Å². The molecular weight excluding hydrogens is 198 g/mol. The Bertz CT molecular complexity index is 251. The molecule has 2 rings (SSSR count). The van der Waals surface area contributed by atoms with Crippen molar-refractivity contribution in [1.82, 2.24) is 4.90 Å². The summed E-state index contributed by atoms with van der Waals surface area (Å²) in [7, 11) is -0.705. The maximum atomic E-state index is 11.3. The Morgan fingerprint density at radius 1 is 1.36 bits per heavy atom. The monoisotopic (exact) mass is 215 g/mol. The summed E-state index contributed by atoms with van der Waals surface area (Å²) >= 11 is 0. The second-order valence-corrected chi connectivity index (χ2v) is 5.90. The van der Waals surface area contributed by atoms with E-state index in [1.165, 1.54) is 0 Å². The molecule has 14 heavy (non-hydrogen) atoms. The number of fused-ring (bicyclic) bond motifs is 2. The van der Waals surface area contributed by atoms with Crippen LogP contribution in [0.3, 0.4) is 0 Å². The van der Waals surface area contributed by atoms with Crippen molar-refractivity contribution in [3.05, 3.63) is 0 Å². The molecule has 3 atom stereocenters. The van der Waals surface area contributed by atoms with Crippen LogP contribution in [0.4, 0.5) is 0 Å². The molecule has 2 aliphatic rings. The summed E-state index contributed by atoms with van der Waals surface area (Å²) in [5.41, 5.74) is 0. The van der Waals surface area contributed by atoms with E-state index >= 15 is 0 Å². The van der Waals surface area contributed by atoms with Crippen molar-refractivity contribution in [3.8, 4) is 0 Å². The summed E-state index contributed by atoms with van der Waals surface area (Å²) in [4.78, 5) is 13.7. The lowest BCUT2D eigenvalue weighted by Crippen LogP contribution is -2.44. The molecule has 0 aromatic carbocycles. The lowest BCUT2D eigenvalue weighted by atomic mass is 10.0. The molecule has 2 fully saturated rings. The minimum Gasteiger partial charge on any atom is -0.300 e. The van der Waals surface area contributed by atoms with E-state index in [0.29, 0.717) is 17.9 Å². The number of rotatable bonds is 3. The number of piperidine rings is 1. The maximum absolute atomic E-state index is 11.3. The van der Waals surface area contributed by atoms with Gasteiger partial charge in [0, 0.05) is 54.3 Å². The number of hydrogen-bond acceptors (Lipinski definition) is 3. The van der Waals surface area contributed by atoms with Crippen LogP contribution in [0.15, 0.2) is 0 Å². The zero-order chi connectivity index (χ0) is 10.1. The first-order valence-electron chi connectivity index (χ1n) is 5.24. The van der Waals surface area contributed by atoms with E-state index in [4.69, 9.17) is 0 Å². The van der Waals surface area contributed by atoms with Gasteiger partial charge < -0.3 is 0 Å². The topological polar surface area (TPSA) is 37.4 Å². The highest BCUT2D eigenvalue weighted by Gasteiger charge is 2.39. The predicted molar refractivity (Wildman–Crippen MR) is 56.7 cm³/mol. The quantitative estimate of drug-likeness (QED) is 0.690. The molecule has 4 heteroatoms. The van der Waals surface area contributed by atoms with Gasteiger partial charge in [-0.3, -0.25) is 13.9 Å². The normalized spacial score (nSPS) is 34.8. The molecule has 3 unspecified atom stereocenters. The average Bonchev–Trinajstić information content (AvgIpc) is 2.34. The Morgan fingerprint density at radius 2 is 1.93 bits per heavy atom. The number of carbonyl (C=O) groups excluding carboxylic acids is 1. The van der Waals surface area contributed by atoms with Crippen LogP contribution in [0.5, 0.6) is 0 Å². The Labute approximate surface area is 87.3 Å². The van der Waals surface area contributed by atoms with E-state index in [1.54, 1.807) is 6.26 Å². The smallest absolute Gasteiger partial charge is 0.136 e. The average molecular weight is 215 g/mol. The van der Waals surface area contributed by atoms with Gasteiger partial charge in [-0.2, -0.15) is 0 Å². The summed E-state index contributed by atoms with van der Waals surface area (Å²) < 4.78 is 11.0. The fourth-order valence-corrected chi connectivity index (χ4v) is 3.13. The van der Waals surface area contributed by atoms with Gasteiger partial charge in [-0.1, -0.05) is 0 Å². The highest BCUT2D eigenvalue weighted by Crippen LogP contribution is 2.33. The number of hydrogen-bond donors (Lipinski definition) is 0. The first-order chi connectivity index (χ1) is 6.66. The Balaban J connectivity index is 1.94. The molecule has 80 valence electrons. The van der Waals surface area contributed by atoms with Gasteiger partial charge in [0.25, 0.3) is 0 Å². The lowest BCUT2D eigenvalue weighted by molar-refractivity contribution is -0.123. The van der Waals surface area contributed by atoms with Crippen LogP contribution in [0.1, 0.15) is 25.7 Å². The van der Waals surface area contributed by atoms with E-state index in [9.17, 15) is 9.00 Å². The van der Waals surface area contributed by atoms with E-state index < -0.39 is 10.8 Å². The van der Waals surface area contributed by atoms with E-state index in [2.05, 4.69) is 4.90 Å². The zero-order valence-electron chi connectivity index (χ0n) is 8.57. The first-order valence-corrected chi connectivity index (χ1v) is 6.97. The van der Waals surface area contributed by atoms with Crippen LogP contribution in [0.2, 0.25) is 0 Å². The van der Waals surface area contributed by atoms with Gasteiger partial charge in [0.15, 0.2) is 0 Å². The SMILES string of the molecule is CS(=O)CCN1C2CCC1CC(=O)C2. The summed E-state index contributed by atoms with van der Waals surface area (Å²) in [6.45, 7) is 0.908. The van der Waals surface area contributed by atoms with Crippen molar-refractivity contribution in [2.24, 2.45) is 0 Å². The van der Waals surface area contributed by atoms with Crippen LogP contribution in [-0.4, -0.2) is 45.5 Å². The summed E-state index contributed by atoms with van der Waals surface area (Å²) in [5, 5.41) is 0. The molecule has 0 radical (unpaired) electrons. The molecular formula is C10H17NO2S. The second kappa shape index (κ2) is 4.11. The molecule has 2 heterocycles. The fraction of sp³-hybridized carbons (Fsp3) is 0.900. The number of nitrogens with zero attached hydrogens (tertiary/aromatic N) is 1. The van der Waals surface area contributed by atoms with E-state index in [-0.39, 0.29) is 0 Å². The standard InChI is InChI=1S/C10H17NO2S/c1-14(13)5-4-11-8-2-3-9(11)7-10(12)6-8/h8-9H,2-7H2,1H3. The molecule has 0 N–H and O–H groups in total. The minimum atomic E-state index is -0.705. The third-order valence-corrected chi connectivity index (χ3v) is 4.09. The largest absolute Gasteiger partial charge is 0.300 e. The van der Waals surface area contributed by atoms with Crippen molar-refractivity contribution in [2.45, 2.75) is 37.8 Å². The Hall–Kier alpha value is -0.220. The molecule has 2 saturated heterocycles. The van der Waals surface area contributed by atoms with Gasteiger partial charge in [-0.05, 0) is 12.8 Å². The second-order valence-electron chi connectivity index (χ2n) is 4.35. The van der Waals surface area contributed by atoms with Gasteiger partial charge in [-0.15, -0.1) is 0 Å². The molecule has 0 aromatic heterocycles. The molecule has 0 spiro atoms. The van der Waals surface area contributed by atoms with Crippen LogP contribution in [0.25, 0.3) is 0 Å². The van der Waals surface area contributed by atoms with Gasteiger partial charge in [0.05, 0.1) is 0 Å². The molecule has 2 bridgehead atoms. The van der Waals surface area contributed by atoms with E-state index in [1.807, 2.05) is 0 Å². The number of carbonyl (C=O) groups is 1. The Morgan fingerprint density at radius 3 is 2.43 bits per heavy atom. The molecule has 0 amide bonds. The van der Waals surface area contributed by atoms with Crippen LogP contribution in [-0.2, 0) is 15.6 Å². The number of ketones is 1. The predicted octanol–water partition coefficient (Wildman–Crippen LogP) is 0.561. The van der Waals surface area contributed by atoms with Gasteiger partial charge in [0.1, 0.15) is 5.78 Å². The van der Waals surface area contributed by atoms with Crippen molar-refractivity contribution >= 4 is 16.6 Å². The van der Waals surface area contributed by atoms with E-state index in [0.717, 1.165) is 38.0 Å². The van der Waals surface area contributed by atoms with Gasteiger partial charge in [0.2, 0.25) is 0 Å². The third-order valence-electron chi connectivity index (χ3n) is 3.33. The maximum Gasteiger partial charge on any atom is 0.136 e. The highest BCUT2D eigenvalue weighted by molar-refractivity contribution is 7.84. The van der Waals surface area contributed by atoms with Crippen LogP contribution in [0, 0.1) is 0 Å². The number of Topliss-reactive ketones (excluding diaryl/α,β-unsaturated/α-hetero) is 1. The Kier molecular flexibility index (Phi) is 3.02. The first kappa shape index (κ1) is 10.3. The molecule has 3 nitrogen and oxygen atoms in total. The van der Waals surface area contributed by atoms with Crippen molar-refractivity contribution < 1.29 is 9.00 Å².